The number of hydrogen-bond donors (Lipinski definition) is 1. The van der Waals surface area contributed by atoms with Crippen LogP contribution >= 0.6 is 11.6 Å². The maximum Gasteiger partial charge on any atom is 0.333 e. The largest absolute Gasteiger partial charge is 0.464 e. The molecule has 0 saturated heterocycles. The number of esters is 1. The van der Waals surface area contributed by atoms with Crippen LogP contribution in [0.15, 0.2) is 12.1 Å². The van der Waals surface area contributed by atoms with E-state index in [1.54, 1.807) is 6.92 Å². The van der Waals surface area contributed by atoms with Gasteiger partial charge in [0.25, 0.3) is 0 Å². The van der Waals surface area contributed by atoms with Crippen molar-refractivity contribution >= 4 is 23.5 Å². The molecule has 0 aromatic heterocycles. The summed E-state index contributed by atoms with van der Waals surface area (Å²) in [5.74, 6) is -1.06. The van der Waals surface area contributed by atoms with E-state index >= 15 is 0 Å². The number of carbonyl (C=O) groups excluding carboxylic acids is 2. The van der Waals surface area contributed by atoms with Crippen LogP contribution in [0, 0.1) is 20.8 Å². The van der Waals surface area contributed by atoms with Crippen molar-refractivity contribution < 1.29 is 14.3 Å². The fourth-order valence-corrected chi connectivity index (χ4v) is 2.40. The average Bonchev–Trinajstić information content (AvgIpc) is 2.36. The number of carbonyl (C=O) groups is 2. The Morgan fingerprint density at radius 2 is 1.80 bits per heavy atom. The van der Waals surface area contributed by atoms with Gasteiger partial charge in [0.05, 0.1) is 6.61 Å². The second-order valence-corrected chi connectivity index (χ2v) is 4.97. The number of alkyl halides is 1. The van der Waals surface area contributed by atoms with Gasteiger partial charge in [0.1, 0.15) is 5.88 Å². The number of hydrogen-bond acceptors (Lipinski definition) is 3. The molecule has 0 aliphatic carbocycles. The number of aryl methyl sites for hydroxylation is 3. The maximum atomic E-state index is 12.1. The fourth-order valence-electron chi connectivity index (χ4n) is 2.32. The van der Waals surface area contributed by atoms with E-state index in [1.807, 2.05) is 32.9 Å². The molecule has 1 aromatic rings. The summed E-state index contributed by atoms with van der Waals surface area (Å²) in [5.41, 5.74) is 3.76. The van der Waals surface area contributed by atoms with Crippen LogP contribution in [0.3, 0.4) is 0 Å². The molecule has 1 rings (SSSR count). The van der Waals surface area contributed by atoms with Gasteiger partial charge in [0.2, 0.25) is 5.91 Å². The smallest absolute Gasteiger partial charge is 0.333 e. The van der Waals surface area contributed by atoms with Gasteiger partial charge in [-0.3, -0.25) is 4.79 Å². The Hall–Kier alpha value is -1.55. The van der Waals surface area contributed by atoms with E-state index in [4.69, 9.17) is 16.3 Å². The number of amides is 1. The van der Waals surface area contributed by atoms with E-state index in [1.165, 1.54) is 0 Å². The lowest BCUT2D eigenvalue weighted by Crippen LogP contribution is -2.36. The zero-order valence-corrected chi connectivity index (χ0v) is 13.0. The first-order valence-electron chi connectivity index (χ1n) is 6.50. The van der Waals surface area contributed by atoms with Gasteiger partial charge >= 0.3 is 5.97 Å². The fraction of sp³-hybridized carbons (Fsp3) is 0.467. The van der Waals surface area contributed by atoms with Gasteiger partial charge in [0, 0.05) is 0 Å². The monoisotopic (exact) mass is 297 g/mol. The van der Waals surface area contributed by atoms with Crippen molar-refractivity contribution in [2.75, 3.05) is 12.5 Å². The first-order chi connectivity index (χ1) is 9.40. The zero-order chi connectivity index (χ0) is 15.3. The highest BCUT2D eigenvalue weighted by Gasteiger charge is 2.26. The summed E-state index contributed by atoms with van der Waals surface area (Å²) >= 11 is 5.51. The molecule has 0 bridgehead atoms. The summed E-state index contributed by atoms with van der Waals surface area (Å²) in [7, 11) is 0. The maximum absolute atomic E-state index is 12.1. The molecule has 0 saturated carbocycles. The first kappa shape index (κ1) is 16.5. The summed E-state index contributed by atoms with van der Waals surface area (Å²) in [6.07, 6.45) is 0. The van der Waals surface area contributed by atoms with Crippen molar-refractivity contribution in [1.82, 2.24) is 5.32 Å². The van der Waals surface area contributed by atoms with Crippen LogP contribution in [-0.4, -0.2) is 24.4 Å². The lowest BCUT2D eigenvalue weighted by Gasteiger charge is -2.21. The molecule has 1 aromatic carbocycles. The highest BCUT2D eigenvalue weighted by molar-refractivity contribution is 6.27. The van der Waals surface area contributed by atoms with Gasteiger partial charge in [-0.15, -0.1) is 11.6 Å². The second-order valence-electron chi connectivity index (χ2n) is 4.70. The van der Waals surface area contributed by atoms with Gasteiger partial charge in [-0.2, -0.15) is 0 Å². The molecule has 1 N–H and O–H groups in total. The minimum atomic E-state index is -0.818. The summed E-state index contributed by atoms with van der Waals surface area (Å²) in [6.45, 7) is 7.80. The predicted molar refractivity (Wildman–Crippen MR) is 78.9 cm³/mol. The third-order valence-electron chi connectivity index (χ3n) is 2.98. The Morgan fingerprint density at radius 3 is 2.25 bits per heavy atom. The van der Waals surface area contributed by atoms with Crippen molar-refractivity contribution in [3.8, 4) is 0 Å². The van der Waals surface area contributed by atoms with Gasteiger partial charge in [0.15, 0.2) is 6.04 Å². The molecule has 1 amide bonds. The summed E-state index contributed by atoms with van der Waals surface area (Å²) in [5, 5.41) is 2.62. The molecular weight excluding hydrogens is 278 g/mol. The average molecular weight is 298 g/mol. The first-order valence-corrected chi connectivity index (χ1v) is 7.03. The minimum absolute atomic E-state index is 0.195. The van der Waals surface area contributed by atoms with E-state index in [-0.39, 0.29) is 12.5 Å². The molecule has 1 atom stereocenters. The number of benzene rings is 1. The van der Waals surface area contributed by atoms with Crippen LogP contribution < -0.4 is 5.32 Å². The minimum Gasteiger partial charge on any atom is -0.464 e. The Kier molecular flexibility index (Phi) is 6.02. The topological polar surface area (TPSA) is 55.4 Å². The van der Waals surface area contributed by atoms with E-state index in [9.17, 15) is 9.59 Å². The summed E-state index contributed by atoms with van der Waals surface area (Å²) in [4.78, 5) is 23.6. The normalized spacial score (nSPS) is 11.8. The SMILES string of the molecule is CCOC(=O)C(NC(=O)CCl)c1c(C)cc(C)cc1C. The van der Waals surface area contributed by atoms with Gasteiger partial charge in [-0.05, 0) is 44.4 Å². The molecule has 0 heterocycles. The zero-order valence-electron chi connectivity index (χ0n) is 12.2. The van der Waals surface area contributed by atoms with E-state index < -0.39 is 17.9 Å². The molecule has 20 heavy (non-hydrogen) atoms. The van der Waals surface area contributed by atoms with Gasteiger partial charge < -0.3 is 10.1 Å². The van der Waals surface area contributed by atoms with Crippen LogP contribution in [-0.2, 0) is 14.3 Å². The Balaban J connectivity index is 3.22. The van der Waals surface area contributed by atoms with E-state index in [2.05, 4.69) is 5.32 Å². The molecule has 5 heteroatoms. The summed E-state index contributed by atoms with van der Waals surface area (Å²) in [6, 6.07) is 3.13. The van der Waals surface area contributed by atoms with Crippen LogP contribution in [0.2, 0.25) is 0 Å². The number of nitrogens with one attached hydrogen (secondary N) is 1. The third kappa shape index (κ3) is 3.97. The second kappa shape index (κ2) is 7.29. The van der Waals surface area contributed by atoms with E-state index in [0.717, 1.165) is 22.3 Å². The van der Waals surface area contributed by atoms with Crippen LogP contribution in [0.4, 0.5) is 0 Å². The lowest BCUT2D eigenvalue weighted by atomic mass is 9.94. The van der Waals surface area contributed by atoms with Crippen molar-refractivity contribution in [2.45, 2.75) is 33.7 Å². The number of rotatable bonds is 5. The van der Waals surface area contributed by atoms with Crippen LogP contribution in [0.5, 0.6) is 0 Å². The van der Waals surface area contributed by atoms with Gasteiger partial charge in [-0.1, -0.05) is 17.7 Å². The van der Waals surface area contributed by atoms with Crippen LogP contribution in [0.1, 0.15) is 35.2 Å². The molecule has 0 aliphatic rings. The number of halogens is 1. The molecule has 0 fully saturated rings. The van der Waals surface area contributed by atoms with E-state index in [0.29, 0.717) is 0 Å². The highest BCUT2D eigenvalue weighted by atomic mass is 35.5. The standard InChI is InChI=1S/C15H20ClNO3/c1-5-20-15(19)14(17-12(18)8-16)13-10(3)6-9(2)7-11(13)4/h6-7,14H,5,8H2,1-4H3,(H,17,18). The summed E-state index contributed by atoms with van der Waals surface area (Å²) < 4.78 is 5.05. The number of ether oxygens (including phenoxy) is 1. The molecule has 0 spiro atoms. The molecule has 1 unspecified atom stereocenters. The molecule has 0 aliphatic heterocycles. The third-order valence-corrected chi connectivity index (χ3v) is 3.22. The lowest BCUT2D eigenvalue weighted by molar-refractivity contribution is -0.147. The molecule has 0 radical (unpaired) electrons. The van der Waals surface area contributed by atoms with Crippen molar-refractivity contribution in [2.24, 2.45) is 0 Å². The van der Waals surface area contributed by atoms with Crippen LogP contribution in [0.25, 0.3) is 0 Å². The van der Waals surface area contributed by atoms with Crippen molar-refractivity contribution in [1.29, 1.82) is 0 Å². The van der Waals surface area contributed by atoms with Crippen molar-refractivity contribution in [3.05, 3.63) is 34.4 Å². The Bertz CT molecular complexity index is 491. The predicted octanol–water partition coefficient (Wildman–Crippen LogP) is 2.57. The Labute approximate surface area is 124 Å². The quantitative estimate of drug-likeness (QED) is 0.671. The molecular formula is C15H20ClNO3. The highest BCUT2D eigenvalue weighted by Crippen LogP contribution is 2.24. The molecule has 4 nitrogen and oxygen atoms in total. The van der Waals surface area contributed by atoms with Crippen molar-refractivity contribution in [3.63, 3.8) is 0 Å². The van der Waals surface area contributed by atoms with Gasteiger partial charge in [-0.25, -0.2) is 4.79 Å². The Morgan fingerprint density at radius 1 is 1.25 bits per heavy atom. The molecule has 110 valence electrons.